The minimum absolute atomic E-state index is 0. The molecule has 2 amide bonds. The molecular formula is C38H36N6O4S2. The van der Waals surface area contributed by atoms with Gasteiger partial charge in [0.25, 0.3) is 11.8 Å². The average Bonchev–Trinajstić information content (AvgIpc) is 3.97. The van der Waals surface area contributed by atoms with E-state index >= 15 is 0 Å². The van der Waals surface area contributed by atoms with Crippen LogP contribution >= 0.6 is 27.0 Å². The van der Waals surface area contributed by atoms with Crippen molar-refractivity contribution >= 4 is 60.9 Å². The number of H-pyrrole nitrogens is 2. The fourth-order valence-electron chi connectivity index (χ4n) is 7.28. The summed E-state index contributed by atoms with van der Waals surface area (Å²) in [6, 6.07) is 24.3. The van der Waals surface area contributed by atoms with Gasteiger partial charge in [0, 0.05) is 13.1 Å². The first-order chi connectivity index (χ1) is 23.6. The zero-order valence-corrected chi connectivity index (χ0v) is 29.1. The Balaban J connectivity index is 0.00000196. The number of fused-ring (bicyclic) bond motifs is 2. The molecule has 254 valence electrons. The van der Waals surface area contributed by atoms with Gasteiger partial charge in [-0.05, 0) is 84.3 Å². The smallest absolute Gasteiger partial charge is 0.257 e. The van der Waals surface area contributed by atoms with Crippen molar-refractivity contribution in [2.45, 2.75) is 37.8 Å². The highest BCUT2D eigenvalue weighted by Crippen LogP contribution is 2.36. The highest BCUT2D eigenvalue weighted by atomic mass is 32.1. The predicted molar refractivity (Wildman–Crippen MR) is 201 cm³/mol. The first-order valence-corrected chi connectivity index (χ1v) is 16.4. The van der Waals surface area contributed by atoms with Crippen LogP contribution in [0.3, 0.4) is 0 Å². The van der Waals surface area contributed by atoms with E-state index in [2.05, 4.69) is 58.5 Å². The van der Waals surface area contributed by atoms with Crippen molar-refractivity contribution in [1.29, 1.82) is 0 Å². The van der Waals surface area contributed by atoms with Crippen molar-refractivity contribution in [3.05, 3.63) is 121 Å². The molecular weight excluding hydrogens is 669 g/mol. The van der Waals surface area contributed by atoms with Crippen molar-refractivity contribution in [3.8, 4) is 22.3 Å². The van der Waals surface area contributed by atoms with Crippen molar-refractivity contribution in [2.75, 3.05) is 13.1 Å². The molecule has 0 bridgehead atoms. The third kappa shape index (κ3) is 5.88. The van der Waals surface area contributed by atoms with E-state index in [1.807, 2.05) is 21.9 Å². The molecule has 0 saturated carbocycles. The van der Waals surface area contributed by atoms with Gasteiger partial charge in [-0.25, -0.2) is 9.97 Å². The van der Waals surface area contributed by atoms with Crippen LogP contribution in [0.15, 0.2) is 107 Å². The topological polar surface area (TPSA) is 124 Å². The summed E-state index contributed by atoms with van der Waals surface area (Å²) in [7, 11) is 0. The lowest BCUT2D eigenvalue weighted by Crippen LogP contribution is -2.30. The lowest BCUT2D eigenvalue weighted by atomic mass is 10.00. The summed E-state index contributed by atoms with van der Waals surface area (Å²) in [6.45, 7) is 1.40. The standard InChI is InChI=1S/C38H32N6O4.2H2S/c45-37(27-13-17-47-21-27)43-15-1-3-33(43)35-39-29-11-9-25(19-31(29)41-35)23-5-7-24(8-6-23)26-10-12-30-32(20-26)42-36(40-30)34-4-2-16-44(34)38(46)28-14-18-48-22-28;;/h5-14,17-22,33-34H,1-4,15-16H2,(H,39,41)(H,40,42);2*1H2/t33-,34-;;/m0../s1. The highest BCUT2D eigenvalue weighted by Gasteiger charge is 2.34. The van der Waals surface area contributed by atoms with Gasteiger partial charge in [-0.3, -0.25) is 9.59 Å². The van der Waals surface area contributed by atoms with Crippen LogP contribution in [0.4, 0.5) is 0 Å². The fraction of sp³-hybridized carbons (Fsp3) is 0.211. The van der Waals surface area contributed by atoms with Gasteiger partial charge in [0.1, 0.15) is 24.2 Å². The molecule has 0 unspecified atom stereocenters. The number of carbonyl (C=O) groups excluding carboxylic acids is 2. The lowest BCUT2D eigenvalue weighted by Gasteiger charge is -2.22. The molecule has 7 aromatic rings. The number of hydrogen-bond donors (Lipinski definition) is 2. The Hall–Kier alpha value is -5.20. The Morgan fingerprint density at radius 2 is 1.02 bits per heavy atom. The Bertz CT molecular complexity index is 2120. The number of hydrogen-bond acceptors (Lipinski definition) is 6. The van der Waals surface area contributed by atoms with Gasteiger partial charge in [0.15, 0.2) is 0 Å². The van der Waals surface area contributed by atoms with Crippen molar-refractivity contribution in [3.63, 3.8) is 0 Å². The molecule has 2 aliphatic heterocycles. The fourth-order valence-corrected chi connectivity index (χ4v) is 7.28. The van der Waals surface area contributed by atoms with Crippen LogP contribution < -0.4 is 0 Å². The molecule has 50 heavy (non-hydrogen) atoms. The van der Waals surface area contributed by atoms with E-state index in [0.29, 0.717) is 24.2 Å². The quantitative estimate of drug-likeness (QED) is 0.180. The van der Waals surface area contributed by atoms with E-state index < -0.39 is 0 Å². The predicted octanol–water partition coefficient (Wildman–Crippen LogP) is 8.14. The highest BCUT2D eigenvalue weighted by molar-refractivity contribution is 7.59. The summed E-state index contributed by atoms with van der Waals surface area (Å²) in [6.07, 6.45) is 9.66. The normalized spacial score (nSPS) is 17.3. The molecule has 3 aromatic carbocycles. The number of furan rings is 2. The molecule has 2 atom stereocenters. The molecule has 9 rings (SSSR count). The number of nitrogens with one attached hydrogen (secondary N) is 2. The van der Waals surface area contributed by atoms with Crippen molar-refractivity contribution in [1.82, 2.24) is 29.7 Å². The number of benzene rings is 3. The summed E-state index contributed by atoms with van der Waals surface area (Å²) in [4.78, 5) is 46.7. The van der Waals surface area contributed by atoms with Gasteiger partial charge >= 0.3 is 0 Å². The number of amides is 2. The van der Waals surface area contributed by atoms with Gasteiger partial charge in [-0.15, -0.1) is 0 Å². The lowest BCUT2D eigenvalue weighted by molar-refractivity contribution is 0.0722. The zero-order valence-electron chi connectivity index (χ0n) is 27.1. The van der Waals surface area contributed by atoms with E-state index in [9.17, 15) is 9.59 Å². The number of nitrogens with zero attached hydrogens (tertiary/aromatic N) is 4. The minimum atomic E-state index is -0.0903. The third-order valence-electron chi connectivity index (χ3n) is 9.75. The van der Waals surface area contributed by atoms with Crippen LogP contribution in [0, 0.1) is 0 Å². The van der Waals surface area contributed by atoms with Gasteiger partial charge in [-0.2, -0.15) is 27.0 Å². The van der Waals surface area contributed by atoms with Gasteiger partial charge in [0.2, 0.25) is 0 Å². The van der Waals surface area contributed by atoms with E-state index in [1.54, 1.807) is 12.1 Å². The van der Waals surface area contributed by atoms with E-state index in [4.69, 9.17) is 18.8 Å². The summed E-state index contributed by atoms with van der Waals surface area (Å²) in [5, 5.41) is 0. The SMILES string of the molecule is O=C(c1ccoc1)N1CCC[C@H]1c1nc2ccc(-c3ccc(-c4ccc5nc([C@@H]6CCCN6C(=O)c6ccoc6)[nH]c5c4)cc3)cc2[nH]1.S.S. The van der Waals surface area contributed by atoms with Crippen LogP contribution in [0.25, 0.3) is 44.3 Å². The van der Waals surface area contributed by atoms with E-state index in [1.165, 1.54) is 25.1 Å². The van der Waals surface area contributed by atoms with Crippen LogP contribution in [-0.2, 0) is 0 Å². The number of rotatable bonds is 6. The Labute approximate surface area is 301 Å². The van der Waals surface area contributed by atoms with Gasteiger partial charge in [-0.1, -0.05) is 36.4 Å². The second-order valence-corrected chi connectivity index (χ2v) is 12.6. The van der Waals surface area contributed by atoms with E-state index in [-0.39, 0.29) is 50.9 Å². The number of carbonyl (C=O) groups is 2. The summed E-state index contributed by atoms with van der Waals surface area (Å²) < 4.78 is 10.3. The largest absolute Gasteiger partial charge is 0.472 e. The summed E-state index contributed by atoms with van der Waals surface area (Å²) >= 11 is 0. The first-order valence-electron chi connectivity index (χ1n) is 16.4. The second kappa shape index (κ2) is 13.6. The minimum Gasteiger partial charge on any atom is -0.472 e. The summed E-state index contributed by atoms with van der Waals surface area (Å²) in [5.41, 5.74) is 9.15. The zero-order chi connectivity index (χ0) is 32.2. The van der Waals surface area contributed by atoms with E-state index in [0.717, 1.165) is 81.7 Å². The van der Waals surface area contributed by atoms with Gasteiger partial charge < -0.3 is 28.6 Å². The molecule has 2 saturated heterocycles. The molecule has 2 N–H and O–H groups in total. The third-order valence-corrected chi connectivity index (χ3v) is 9.75. The maximum absolute atomic E-state index is 13.1. The first kappa shape index (κ1) is 33.3. The maximum Gasteiger partial charge on any atom is 0.257 e. The molecule has 0 radical (unpaired) electrons. The molecule has 2 fully saturated rings. The number of imidazole rings is 2. The van der Waals surface area contributed by atoms with Crippen LogP contribution in [0.1, 0.15) is 70.1 Å². The summed E-state index contributed by atoms with van der Waals surface area (Å²) in [5.74, 6) is 1.57. The Morgan fingerprint density at radius 3 is 1.42 bits per heavy atom. The molecule has 0 spiro atoms. The van der Waals surface area contributed by atoms with Gasteiger partial charge in [0.05, 0.1) is 57.8 Å². The van der Waals surface area contributed by atoms with Crippen LogP contribution in [0.5, 0.6) is 0 Å². The van der Waals surface area contributed by atoms with Crippen molar-refractivity contribution in [2.24, 2.45) is 0 Å². The second-order valence-electron chi connectivity index (χ2n) is 12.6. The number of aromatic nitrogens is 4. The van der Waals surface area contributed by atoms with Crippen LogP contribution in [0.2, 0.25) is 0 Å². The molecule has 12 heteroatoms. The van der Waals surface area contributed by atoms with Crippen LogP contribution in [-0.4, -0.2) is 54.6 Å². The molecule has 4 aromatic heterocycles. The average molecular weight is 705 g/mol. The Morgan fingerprint density at radius 1 is 0.600 bits per heavy atom. The maximum atomic E-state index is 13.1. The monoisotopic (exact) mass is 704 g/mol. The van der Waals surface area contributed by atoms with Crippen molar-refractivity contribution < 1.29 is 18.4 Å². The molecule has 0 aliphatic carbocycles. The molecule has 10 nitrogen and oxygen atoms in total. The Kier molecular flexibility index (Phi) is 9.06. The molecule has 6 heterocycles. The molecule has 2 aliphatic rings. The number of aromatic amines is 2. The number of likely N-dealkylation sites (tertiary alicyclic amines) is 2.